The van der Waals surface area contributed by atoms with E-state index in [1.54, 1.807) is 25.1 Å². The van der Waals surface area contributed by atoms with Crippen molar-refractivity contribution in [1.82, 2.24) is 4.98 Å². The molecule has 0 spiro atoms. The van der Waals surface area contributed by atoms with Crippen LogP contribution in [0, 0.1) is 25.2 Å². The highest BCUT2D eigenvalue weighted by Gasteiger charge is 2.11. The van der Waals surface area contributed by atoms with Gasteiger partial charge in [-0.2, -0.15) is 5.26 Å². The minimum Gasteiger partial charge on any atom is -0.454 e. The first kappa shape index (κ1) is 12.4. The first-order valence-corrected chi connectivity index (χ1v) is 5.80. The molecule has 0 atom stereocenters. The van der Waals surface area contributed by atoms with Gasteiger partial charge in [0.2, 0.25) is 0 Å². The van der Waals surface area contributed by atoms with Crippen molar-refractivity contribution in [2.24, 2.45) is 0 Å². The van der Waals surface area contributed by atoms with E-state index in [2.05, 4.69) is 11.1 Å². The van der Waals surface area contributed by atoms with Crippen LogP contribution in [0.4, 0.5) is 0 Å². The Morgan fingerprint density at radius 2 is 1.94 bits per heavy atom. The van der Waals surface area contributed by atoms with Crippen molar-refractivity contribution in [2.75, 3.05) is 0 Å². The summed E-state index contributed by atoms with van der Waals surface area (Å²) in [5, 5.41) is 9.64. The highest BCUT2D eigenvalue weighted by atomic mass is 35.5. The lowest BCUT2D eigenvalue weighted by molar-refractivity contribution is 0.479. The minimum absolute atomic E-state index is 0.431. The summed E-state index contributed by atoms with van der Waals surface area (Å²) >= 11 is 6.03. The highest BCUT2D eigenvalue weighted by Crippen LogP contribution is 2.31. The molecule has 1 aromatic heterocycles. The second-order valence-electron chi connectivity index (χ2n) is 3.87. The number of halogens is 1. The normalized spacial score (nSPS) is 9.89. The lowest BCUT2D eigenvalue weighted by Crippen LogP contribution is -1.96. The van der Waals surface area contributed by atoms with Crippen LogP contribution in [0.2, 0.25) is 5.02 Å². The molecule has 18 heavy (non-hydrogen) atoms. The van der Waals surface area contributed by atoms with Gasteiger partial charge in [0.1, 0.15) is 23.1 Å². The summed E-state index contributed by atoms with van der Waals surface area (Å²) in [5.41, 5.74) is 1.88. The average Bonchev–Trinajstić information content (AvgIpc) is 2.31. The molecule has 1 aromatic carbocycles. The van der Waals surface area contributed by atoms with Crippen molar-refractivity contribution in [3.8, 4) is 17.6 Å². The summed E-state index contributed by atoms with van der Waals surface area (Å²) in [5.74, 6) is 1.01. The molecule has 0 bridgehead atoms. The van der Waals surface area contributed by atoms with Crippen molar-refractivity contribution in [3.05, 3.63) is 52.3 Å². The average molecular weight is 259 g/mol. The maximum Gasteiger partial charge on any atom is 0.148 e. The van der Waals surface area contributed by atoms with E-state index in [1.807, 2.05) is 19.1 Å². The molecule has 0 unspecified atom stereocenters. The van der Waals surface area contributed by atoms with Gasteiger partial charge in [-0.1, -0.05) is 23.7 Å². The molecule has 0 radical (unpaired) electrons. The number of benzene rings is 1. The van der Waals surface area contributed by atoms with Gasteiger partial charge in [0, 0.05) is 11.8 Å². The molecule has 0 amide bonds. The zero-order valence-corrected chi connectivity index (χ0v) is 10.8. The third-order valence-electron chi connectivity index (χ3n) is 2.46. The SMILES string of the molecule is Cc1cc(Oc2ccccc2Cl)c(C#N)c(C)n1. The summed E-state index contributed by atoms with van der Waals surface area (Å²) in [7, 11) is 0. The predicted molar refractivity (Wildman–Crippen MR) is 70.0 cm³/mol. The monoisotopic (exact) mass is 258 g/mol. The Hall–Kier alpha value is -2.05. The standard InChI is InChI=1S/C14H11ClN2O/c1-9-7-14(11(8-16)10(2)17-9)18-13-6-4-3-5-12(13)15/h3-7H,1-2H3. The van der Waals surface area contributed by atoms with Crippen molar-refractivity contribution in [1.29, 1.82) is 5.26 Å². The third kappa shape index (κ3) is 2.44. The molecular formula is C14H11ClN2O. The molecule has 4 heteroatoms. The molecule has 2 aromatic rings. The summed E-state index contributed by atoms with van der Waals surface area (Å²) in [6.07, 6.45) is 0. The summed E-state index contributed by atoms with van der Waals surface area (Å²) in [4.78, 5) is 4.23. The number of aryl methyl sites for hydroxylation is 2. The summed E-state index contributed by atoms with van der Waals surface area (Å²) in [6.45, 7) is 3.64. The van der Waals surface area contributed by atoms with Crippen LogP contribution in [-0.4, -0.2) is 4.98 Å². The van der Waals surface area contributed by atoms with Gasteiger partial charge in [0.15, 0.2) is 0 Å². The Morgan fingerprint density at radius 3 is 2.61 bits per heavy atom. The largest absolute Gasteiger partial charge is 0.454 e. The number of rotatable bonds is 2. The number of nitriles is 1. The predicted octanol–water partition coefficient (Wildman–Crippen LogP) is 4.02. The van der Waals surface area contributed by atoms with Crippen LogP contribution in [0.5, 0.6) is 11.5 Å². The fourth-order valence-corrected chi connectivity index (χ4v) is 1.83. The van der Waals surface area contributed by atoms with Crippen molar-refractivity contribution >= 4 is 11.6 Å². The number of hydrogen-bond acceptors (Lipinski definition) is 3. The van der Waals surface area contributed by atoms with E-state index < -0.39 is 0 Å². The smallest absolute Gasteiger partial charge is 0.148 e. The first-order valence-electron chi connectivity index (χ1n) is 5.42. The van der Waals surface area contributed by atoms with E-state index in [9.17, 15) is 0 Å². The van der Waals surface area contributed by atoms with E-state index in [0.717, 1.165) is 5.69 Å². The fourth-order valence-electron chi connectivity index (χ4n) is 1.66. The van der Waals surface area contributed by atoms with Crippen LogP contribution in [0.1, 0.15) is 17.0 Å². The highest BCUT2D eigenvalue weighted by molar-refractivity contribution is 6.32. The summed E-state index contributed by atoms with van der Waals surface area (Å²) < 4.78 is 5.70. The van der Waals surface area contributed by atoms with Crippen molar-refractivity contribution in [3.63, 3.8) is 0 Å². The van der Waals surface area contributed by atoms with Crippen molar-refractivity contribution < 1.29 is 4.74 Å². The van der Waals surface area contributed by atoms with Crippen LogP contribution < -0.4 is 4.74 Å². The minimum atomic E-state index is 0.431. The number of pyridine rings is 1. The molecule has 0 aliphatic heterocycles. The number of aromatic nitrogens is 1. The lowest BCUT2D eigenvalue weighted by atomic mass is 10.2. The first-order chi connectivity index (χ1) is 8.61. The molecule has 0 N–H and O–H groups in total. The lowest BCUT2D eigenvalue weighted by Gasteiger charge is -2.10. The molecule has 0 fully saturated rings. The molecule has 0 aliphatic carbocycles. The van der Waals surface area contributed by atoms with Crippen LogP contribution in [0.15, 0.2) is 30.3 Å². The van der Waals surface area contributed by atoms with Gasteiger partial charge in [-0.15, -0.1) is 0 Å². The van der Waals surface area contributed by atoms with Crippen molar-refractivity contribution in [2.45, 2.75) is 13.8 Å². The number of hydrogen-bond donors (Lipinski definition) is 0. The van der Waals surface area contributed by atoms with Gasteiger partial charge in [-0.25, -0.2) is 0 Å². The van der Waals surface area contributed by atoms with Gasteiger partial charge in [-0.05, 0) is 26.0 Å². The molecule has 2 rings (SSSR count). The Morgan fingerprint density at radius 1 is 1.22 bits per heavy atom. The van der Waals surface area contributed by atoms with E-state index in [0.29, 0.717) is 27.8 Å². The van der Waals surface area contributed by atoms with Crippen LogP contribution >= 0.6 is 11.6 Å². The topological polar surface area (TPSA) is 45.9 Å². The fraction of sp³-hybridized carbons (Fsp3) is 0.143. The van der Waals surface area contributed by atoms with E-state index in [1.165, 1.54) is 0 Å². The molecular weight excluding hydrogens is 248 g/mol. The number of nitrogens with zero attached hydrogens (tertiary/aromatic N) is 2. The Labute approximate surface area is 111 Å². The van der Waals surface area contributed by atoms with Gasteiger partial charge in [-0.3, -0.25) is 4.98 Å². The van der Waals surface area contributed by atoms with E-state index in [-0.39, 0.29) is 0 Å². The van der Waals surface area contributed by atoms with Gasteiger partial charge >= 0.3 is 0 Å². The van der Waals surface area contributed by atoms with Gasteiger partial charge in [0.05, 0.1) is 10.7 Å². The third-order valence-corrected chi connectivity index (χ3v) is 2.77. The van der Waals surface area contributed by atoms with Crippen LogP contribution in [0.3, 0.4) is 0 Å². The number of ether oxygens (including phenoxy) is 1. The molecule has 90 valence electrons. The Bertz CT molecular complexity index is 632. The Balaban J connectivity index is 2.47. The number of para-hydroxylation sites is 1. The molecule has 0 aliphatic rings. The molecule has 0 saturated heterocycles. The van der Waals surface area contributed by atoms with Crippen LogP contribution in [0.25, 0.3) is 0 Å². The zero-order chi connectivity index (χ0) is 13.1. The maximum absolute atomic E-state index is 9.13. The van der Waals surface area contributed by atoms with Gasteiger partial charge < -0.3 is 4.74 Å². The second kappa shape index (κ2) is 5.07. The molecule has 0 saturated carbocycles. The van der Waals surface area contributed by atoms with Gasteiger partial charge in [0.25, 0.3) is 0 Å². The molecule has 1 heterocycles. The van der Waals surface area contributed by atoms with Crippen LogP contribution in [-0.2, 0) is 0 Å². The maximum atomic E-state index is 9.13. The quantitative estimate of drug-likeness (QED) is 0.817. The summed E-state index contributed by atoms with van der Waals surface area (Å²) in [6, 6.07) is 11.0. The Kier molecular flexibility index (Phi) is 3.50. The van der Waals surface area contributed by atoms with E-state index >= 15 is 0 Å². The zero-order valence-electron chi connectivity index (χ0n) is 10.1. The second-order valence-corrected chi connectivity index (χ2v) is 4.27. The molecule has 3 nitrogen and oxygen atoms in total. The van der Waals surface area contributed by atoms with E-state index in [4.69, 9.17) is 21.6 Å².